The minimum Gasteiger partial charge on any atom is -0.324 e. The molecule has 3 rings (SSSR count). The third-order valence-corrected chi connectivity index (χ3v) is 5.00. The first-order valence-electron chi connectivity index (χ1n) is 8.29. The number of imide groups is 1. The van der Waals surface area contributed by atoms with Crippen LogP contribution in [0.15, 0.2) is 24.3 Å². The van der Waals surface area contributed by atoms with Gasteiger partial charge in [0.1, 0.15) is 0 Å². The summed E-state index contributed by atoms with van der Waals surface area (Å²) < 4.78 is 0. The molecule has 0 bridgehead atoms. The molecule has 3 atom stereocenters. The van der Waals surface area contributed by atoms with Crippen LogP contribution in [0.4, 0.5) is 5.69 Å². The van der Waals surface area contributed by atoms with Crippen LogP contribution in [0.25, 0.3) is 0 Å². The Morgan fingerprint density at radius 2 is 2.00 bits per heavy atom. The maximum absolute atomic E-state index is 12.8. The SMILES string of the molecule is Cc1ccc(N2C(=O)C[C@@H]([NH+]3CCC[C@@H](C(=O)NN)C3)C2=O)cc1. The van der Waals surface area contributed by atoms with E-state index < -0.39 is 6.04 Å². The van der Waals surface area contributed by atoms with Gasteiger partial charge in [-0.3, -0.25) is 19.8 Å². The van der Waals surface area contributed by atoms with Gasteiger partial charge in [0, 0.05) is 0 Å². The lowest BCUT2D eigenvalue weighted by atomic mass is 9.95. The Bertz CT molecular complexity index is 658. The predicted octanol–water partition coefficient (Wildman–Crippen LogP) is -1.09. The maximum atomic E-state index is 12.8. The first-order valence-corrected chi connectivity index (χ1v) is 8.29. The Hall–Kier alpha value is -2.25. The number of benzene rings is 1. The fraction of sp³-hybridized carbons (Fsp3) is 0.471. The number of quaternary nitrogens is 1. The van der Waals surface area contributed by atoms with Crippen molar-refractivity contribution in [2.75, 3.05) is 18.0 Å². The van der Waals surface area contributed by atoms with Gasteiger partial charge in [0.2, 0.25) is 11.8 Å². The predicted molar refractivity (Wildman–Crippen MR) is 87.8 cm³/mol. The Labute approximate surface area is 140 Å². The van der Waals surface area contributed by atoms with Crippen molar-refractivity contribution in [3.63, 3.8) is 0 Å². The highest BCUT2D eigenvalue weighted by molar-refractivity contribution is 6.21. The summed E-state index contributed by atoms with van der Waals surface area (Å²) in [6.07, 6.45) is 1.80. The van der Waals surface area contributed by atoms with Crippen LogP contribution in [0.1, 0.15) is 24.8 Å². The van der Waals surface area contributed by atoms with E-state index in [4.69, 9.17) is 5.84 Å². The molecule has 0 aliphatic carbocycles. The van der Waals surface area contributed by atoms with Crippen LogP contribution in [-0.2, 0) is 14.4 Å². The van der Waals surface area contributed by atoms with Crippen molar-refractivity contribution in [3.8, 4) is 0 Å². The summed E-state index contributed by atoms with van der Waals surface area (Å²) in [6, 6.07) is 6.96. The number of hydrogen-bond donors (Lipinski definition) is 3. The number of carbonyl (C=O) groups is 3. The van der Waals surface area contributed by atoms with Crippen LogP contribution in [0.3, 0.4) is 0 Å². The topological polar surface area (TPSA) is 96.9 Å². The molecule has 7 heteroatoms. The first-order chi connectivity index (χ1) is 11.5. The van der Waals surface area contributed by atoms with Gasteiger partial charge >= 0.3 is 0 Å². The molecule has 0 spiro atoms. The number of piperidine rings is 1. The quantitative estimate of drug-likeness (QED) is 0.284. The average Bonchev–Trinajstić information content (AvgIpc) is 2.90. The molecule has 2 aliphatic heterocycles. The maximum Gasteiger partial charge on any atom is 0.292 e. The monoisotopic (exact) mass is 331 g/mol. The zero-order chi connectivity index (χ0) is 17.3. The van der Waals surface area contributed by atoms with E-state index in [0.29, 0.717) is 12.2 Å². The van der Waals surface area contributed by atoms with Gasteiger partial charge in [-0.15, -0.1) is 0 Å². The number of nitrogens with one attached hydrogen (secondary N) is 2. The van der Waals surface area contributed by atoms with Crippen LogP contribution in [0.2, 0.25) is 0 Å². The van der Waals surface area contributed by atoms with Gasteiger partial charge in [-0.25, -0.2) is 10.7 Å². The highest BCUT2D eigenvalue weighted by atomic mass is 16.2. The Kier molecular flexibility index (Phi) is 4.64. The van der Waals surface area contributed by atoms with Crippen molar-refractivity contribution in [3.05, 3.63) is 29.8 Å². The van der Waals surface area contributed by atoms with E-state index in [0.717, 1.165) is 29.8 Å². The lowest BCUT2D eigenvalue weighted by Crippen LogP contribution is -3.18. The molecule has 0 aromatic heterocycles. The number of carbonyl (C=O) groups excluding carboxylic acids is 3. The van der Waals surface area contributed by atoms with Crippen LogP contribution < -0.4 is 21.1 Å². The van der Waals surface area contributed by atoms with E-state index in [1.54, 1.807) is 12.1 Å². The summed E-state index contributed by atoms with van der Waals surface area (Å²) >= 11 is 0. The van der Waals surface area contributed by atoms with Crippen LogP contribution in [0, 0.1) is 12.8 Å². The number of amides is 3. The lowest BCUT2D eigenvalue weighted by molar-refractivity contribution is -0.922. The van der Waals surface area contributed by atoms with Gasteiger partial charge in [0.15, 0.2) is 6.04 Å². The van der Waals surface area contributed by atoms with E-state index in [-0.39, 0.29) is 30.1 Å². The van der Waals surface area contributed by atoms with Crippen molar-refractivity contribution in [2.24, 2.45) is 11.8 Å². The zero-order valence-electron chi connectivity index (χ0n) is 13.7. The minimum atomic E-state index is -0.410. The number of anilines is 1. The molecule has 4 N–H and O–H groups in total. The number of hydrogen-bond acceptors (Lipinski definition) is 4. The normalized spacial score (nSPS) is 27.4. The summed E-state index contributed by atoms with van der Waals surface area (Å²) in [5.74, 6) is 4.48. The van der Waals surface area contributed by atoms with E-state index >= 15 is 0 Å². The Morgan fingerprint density at radius 3 is 2.67 bits per heavy atom. The van der Waals surface area contributed by atoms with Crippen LogP contribution in [0.5, 0.6) is 0 Å². The third-order valence-electron chi connectivity index (χ3n) is 5.00. The Morgan fingerprint density at radius 1 is 1.29 bits per heavy atom. The number of nitrogens with two attached hydrogens (primary N) is 1. The molecule has 1 aromatic carbocycles. The third kappa shape index (κ3) is 3.05. The van der Waals surface area contributed by atoms with Crippen molar-refractivity contribution in [1.29, 1.82) is 0 Å². The van der Waals surface area contributed by atoms with E-state index in [9.17, 15) is 14.4 Å². The first kappa shape index (κ1) is 16.6. The number of likely N-dealkylation sites (tertiary alicyclic amines) is 1. The highest BCUT2D eigenvalue weighted by Crippen LogP contribution is 2.23. The fourth-order valence-corrected chi connectivity index (χ4v) is 3.67. The van der Waals surface area contributed by atoms with Gasteiger partial charge < -0.3 is 4.90 Å². The van der Waals surface area contributed by atoms with Gasteiger partial charge in [0.05, 0.1) is 31.1 Å². The molecule has 2 aliphatic rings. The Balaban J connectivity index is 1.76. The second-order valence-electron chi connectivity index (χ2n) is 6.62. The summed E-state index contributed by atoms with van der Waals surface area (Å²) in [6.45, 7) is 3.29. The number of hydrazine groups is 1. The molecule has 2 heterocycles. The van der Waals surface area contributed by atoms with E-state index in [2.05, 4.69) is 5.43 Å². The molecular weight excluding hydrogens is 308 g/mol. The molecule has 2 fully saturated rings. The molecule has 24 heavy (non-hydrogen) atoms. The van der Waals surface area contributed by atoms with E-state index in [1.807, 2.05) is 19.1 Å². The molecule has 7 nitrogen and oxygen atoms in total. The average molecular weight is 331 g/mol. The van der Waals surface area contributed by atoms with Crippen molar-refractivity contribution >= 4 is 23.4 Å². The number of rotatable bonds is 3. The molecule has 3 amide bonds. The molecule has 1 aromatic rings. The van der Waals surface area contributed by atoms with Crippen LogP contribution >= 0.6 is 0 Å². The molecule has 128 valence electrons. The molecule has 1 unspecified atom stereocenters. The molecule has 2 saturated heterocycles. The van der Waals surface area contributed by atoms with Gasteiger partial charge in [0.25, 0.3) is 5.91 Å². The zero-order valence-corrected chi connectivity index (χ0v) is 13.7. The molecule has 0 saturated carbocycles. The van der Waals surface area contributed by atoms with Gasteiger partial charge in [-0.1, -0.05) is 17.7 Å². The summed E-state index contributed by atoms with van der Waals surface area (Å²) in [4.78, 5) is 39.3. The van der Waals surface area contributed by atoms with Crippen molar-refractivity contribution in [1.82, 2.24) is 5.43 Å². The standard InChI is InChI=1S/C17H22N4O3/c1-11-4-6-13(7-5-11)21-15(22)9-14(17(21)24)20-8-2-3-12(10-20)16(23)19-18/h4-7,12,14H,2-3,8-10,18H2,1H3,(H,19,23)/p+1/t12-,14-/m1/s1. The summed E-state index contributed by atoms with van der Waals surface area (Å²) in [5.41, 5.74) is 3.88. The smallest absolute Gasteiger partial charge is 0.292 e. The lowest BCUT2D eigenvalue weighted by Gasteiger charge is -2.31. The summed E-state index contributed by atoms with van der Waals surface area (Å²) in [5, 5.41) is 0. The van der Waals surface area contributed by atoms with E-state index in [1.165, 1.54) is 4.90 Å². The second kappa shape index (κ2) is 6.70. The molecule has 0 radical (unpaired) electrons. The van der Waals surface area contributed by atoms with Gasteiger partial charge in [-0.2, -0.15) is 0 Å². The fourth-order valence-electron chi connectivity index (χ4n) is 3.67. The van der Waals surface area contributed by atoms with Crippen molar-refractivity contribution in [2.45, 2.75) is 32.2 Å². The minimum absolute atomic E-state index is 0.173. The largest absolute Gasteiger partial charge is 0.324 e. The van der Waals surface area contributed by atoms with Gasteiger partial charge in [-0.05, 0) is 31.9 Å². The van der Waals surface area contributed by atoms with Crippen LogP contribution in [-0.4, -0.2) is 36.9 Å². The second-order valence-corrected chi connectivity index (χ2v) is 6.62. The number of nitrogens with zero attached hydrogens (tertiary/aromatic N) is 1. The molecular formula is C17H23N4O3+. The van der Waals surface area contributed by atoms with Crippen molar-refractivity contribution < 1.29 is 19.3 Å². The number of aryl methyl sites for hydroxylation is 1. The highest BCUT2D eigenvalue weighted by Gasteiger charge is 2.47. The summed E-state index contributed by atoms with van der Waals surface area (Å²) in [7, 11) is 0.